The van der Waals surface area contributed by atoms with Crippen molar-refractivity contribution in [3.8, 4) is 0 Å². The minimum atomic E-state index is -0.103. The zero-order valence-electron chi connectivity index (χ0n) is 12.2. The fourth-order valence-corrected chi connectivity index (χ4v) is 2.72. The highest BCUT2D eigenvalue weighted by atomic mass is 32.2. The molecule has 0 aliphatic rings. The van der Waals surface area contributed by atoms with Crippen LogP contribution in [-0.2, 0) is 17.9 Å². The van der Waals surface area contributed by atoms with E-state index in [2.05, 4.69) is 41.5 Å². The maximum Gasteiger partial charge on any atom is 0.230 e. The summed E-state index contributed by atoms with van der Waals surface area (Å²) in [5.74, 6) is 0.266. The van der Waals surface area contributed by atoms with E-state index in [0.717, 1.165) is 10.7 Å². The molecule has 0 aliphatic heterocycles. The van der Waals surface area contributed by atoms with E-state index < -0.39 is 0 Å². The van der Waals surface area contributed by atoms with Crippen LogP contribution in [-0.4, -0.2) is 33.4 Å². The Labute approximate surface area is 128 Å². The van der Waals surface area contributed by atoms with Gasteiger partial charge in [0, 0.05) is 19.8 Å². The third-order valence-electron chi connectivity index (χ3n) is 3.04. The lowest BCUT2D eigenvalue weighted by Gasteiger charge is -2.07. The minimum absolute atomic E-state index is 0.0459. The molecule has 112 valence electrons. The zero-order chi connectivity index (χ0) is 15.2. The summed E-state index contributed by atoms with van der Waals surface area (Å²) in [5, 5.41) is 12.6. The van der Waals surface area contributed by atoms with Crippen molar-refractivity contribution in [1.82, 2.24) is 14.9 Å². The van der Waals surface area contributed by atoms with Crippen LogP contribution in [0.4, 0.5) is 0 Å². The van der Waals surface area contributed by atoms with Gasteiger partial charge in [-0.1, -0.05) is 41.6 Å². The van der Waals surface area contributed by atoms with Gasteiger partial charge in [-0.05, 0) is 12.5 Å². The Morgan fingerprint density at radius 2 is 2.10 bits per heavy atom. The number of amides is 1. The van der Waals surface area contributed by atoms with Gasteiger partial charge >= 0.3 is 0 Å². The lowest BCUT2D eigenvalue weighted by atomic mass is 10.1. The van der Waals surface area contributed by atoms with Gasteiger partial charge in [-0.2, -0.15) is 0 Å². The van der Waals surface area contributed by atoms with Gasteiger partial charge in [0.25, 0.3) is 0 Å². The minimum Gasteiger partial charge on any atom is -0.390 e. The van der Waals surface area contributed by atoms with Gasteiger partial charge < -0.3 is 15.0 Å². The predicted molar refractivity (Wildman–Crippen MR) is 83.2 cm³/mol. The monoisotopic (exact) mass is 305 g/mol. The molecule has 0 fully saturated rings. The van der Waals surface area contributed by atoms with Crippen molar-refractivity contribution in [2.45, 2.75) is 25.2 Å². The largest absolute Gasteiger partial charge is 0.390 e. The van der Waals surface area contributed by atoms with Gasteiger partial charge in [0.1, 0.15) is 0 Å². The number of carbonyl (C=O) groups excluding carboxylic acids is 1. The molecule has 0 spiro atoms. The predicted octanol–water partition coefficient (Wildman–Crippen LogP) is 1.57. The van der Waals surface area contributed by atoms with Crippen molar-refractivity contribution >= 4 is 17.7 Å². The van der Waals surface area contributed by atoms with E-state index in [4.69, 9.17) is 0 Å². The highest BCUT2D eigenvalue weighted by Crippen LogP contribution is 2.19. The molecule has 1 aromatic carbocycles. The summed E-state index contributed by atoms with van der Waals surface area (Å²) in [6, 6.07) is 8.27. The lowest BCUT2D eigenvalue weighted by Crippen LogP contribution is -2.20. The van der Waals surface area contributed by atoms with Crippen molar-refractivity contribution in [1.29, 1.82) is 0 Å². The van der Waals surface area contributed by atoms with E-state index in [-0.39, 0.29) is 12.5 Å². The van der Waals surface area contributed by atoms with Gasteiger partial charge in [0.2, 0.25) is 5.91 Å². The number of rotatable bonds is 6. The molecule has 6 heteroatoms. The van der Waals surface area contributed by atoms with Crippen LogP contribution >= 0.6 is 11.8 Å². The number of nitrogens with zero attached hydrogens (tertiary/aromatic N) is 2. The number of aliphatic hydroxyl groups is 1. The fraction of sp³-hybridized carbons (Fsp3) is 0.333. The molecule has 0 saturated carbocycles. The van der Waals surface area contributed by atoms with Gasteiger partial charge in [-0.3, -0.25) is 4.79 Å². The Hall–Kier alpha value is -1.79. The van der Waals surface area contributed by atoms with E-state index in [1.54, 1.807) is 7.05 Å². The second-order valence-electron chi connectivity index (χ2n) is 4.75. The molecule has 21 heavy (non-hydrogen) atoms. The molecule has 2 N–H and O–H groups in total. The number of aryl methyl sites for hydroxylation is 1. The summed E-state index contributed by atoms with van der Waals surface area (Å²) in [4.78, 5) is 15.7. The third kappa shape index (κ3) is 4.34. The average Bonchev–Trinajstić information content (AvgIpc) is 2.89. The molecular weight excluding hydrogens is 286 g/mol. The van der Waals surface area contributed by atoms with E-state index in [0.29, 0.717) is 18.0 Å². The maximum absolute atomic E-state index is 11.4. The number of aromatic nitrogens is 2. The smallest absolute Gasteiger partial charge is 0.230 e. The molecular formula is C15H19N3O2S. The second-order valence-corrected chi connectivity index (χ2v) is 5.69. The van der Waals surface area contributed by atoms with Crippen LogP contribution in [0.5, 0.6) is 0 Å². The topological polar surface area (TPSA) is 67.2 Å². The molecule has 2 rings (SSSR count). The molecule has 1 amide bonds. The highest BCUT2D eigenvalue weighted by Gasteiger charge is 2.10. The fourth-order valence-electron chi connectivity index (χ4n) is 1.85. The van der Waals surface area contributed by atoms with Crippen LogP contribution in [0.3, 0.4) is 0 Å². The molecule has 0 atom stereocenters. The molecule has 0 unspecified atom stereocenters. The summed E-state index contributed by atoms with van der Waals surface area (Å²) in [6.45, 7) is 2.62. The zero-order valence-corrected chi connectivity index (χ0v) is 13.0. The average molecular weight is 305 g/mol. The number of hydrogen-bond donors (Lipinski definition) is 2. The third-order valence-corrected chi connectivity index (χ3v) is 4.03. The summed E-state index contributed by atoms with van der Waals surface area (Å²) < 4.78 is 1.96. The van der Waals surface area contributed by atoms with Crippen molar-refractivity contribution in [2.24, 2.45) is 0 Å². The summed E-state index contributed by atoms with van der Waals surface area (Å²) in [6.07, 6.45) is 1.83. The number of imidazole rings is 1. The van der Waals surface area contributed by atoms with Crippen molar-refractivity contribution in [2.75, 3.05) is 12.8 Å². The van der Waals surface area contributed by atoms with Gasteiger partial charge in [-0.25, -0.2) is 4.98 Å². The Morgan fingerprint density at radius 1 is 1.38 bits per heavy atom. The molecule has 0 radical (unpaired) electrons. The Bertz CT molecular complexity index is 608. The first kappa shape index (κ1) is 15.6. The van der Waals surface area contributed by atoms with Gasteiger partial charge in [0.05, 0.1) is 18.1 Å². The van der Waals surface area contributed by atoms with Crippen LogP contribution in [0.1, 0.15) is 16.8 Å². The summed E-state index contributed by atoms with van der Waals surface area (Å²) in [5.41, 5.74) is 2.99. The van der Waals surface area contributed by atoms with E-state index >= 15 is 0 Å². The standard InChI is InChI=1S/C15H19N3O2S/c1-11-3-5-12(6-4-11)7-18-8-13(9-19)17-15(18)21-10-14(20)16-2/h3-6,8,19H,7,9-10H2,1-2H3,(H,16,20). The number of nitrogens with one attached hydrogen (secondary N) is 1. The highest BCUT2D eigenvalue weighted by molar-refractivity contribution is 7.99. The molecule has 0 bridgehead atoms. The van der Waals surface area contributed by atoms with Crippen molar-refractivity contribution < 1.29 is 9.90 Å². The van der Waals surface area contributed by atoms with Gasteiger partial charge in [-0.15, -0.1) is 0 Å². The number of benzene rings is 1. The molecule has 1 aromatic heterocycles. The summed E-state index contributed by atoms with van der Waals surface area (Å²) >= 11 is 1.37. The Balaban J connectivity index is 2.14. The van der Waals surface area contributed by atoms with E-state index in [1.165, 1.54) is 17.3 Å². The quantitative estimate of drug-likeness (QED) is 0.795. The second kappa shape index (κ2) is 7.28. The SMILES string of the molecule is CNC(=O)CSc1nc(CO)cn1Cc1ccc(C)cc1. The van der Waals surface area contributed by atoms with Gasteiger partial charge in [0.15, 0.2) is 5.16 Å². The molecule has 0 saturated heterocycles. The van der Waals surface area contributed by atoms with Crippen LogP contribution in [0.25, 0.3) is 0 Å². The molecule has 5 nitrogen and oxygen atoms in total. The van der Waals surface area contributed by atoms with Crippen molar-refractivity contribution in [3.05, 3.63) is 47.3 Å². The number of carbonyl (C=O) groups is 1. The van der Waals surface area contributed by atoms with E-state index in [1.807, 2.05) is 10.8 Å². The molecule has 1 heterocycles. The lowest BCUT2D eigenvalue weighted by molar-refractivity contribution is -0.118. The van der Waals surface area contributed by atoms with Crippen LogP contribution < -0.4 is 5.32 Å². The number of hydrogen-bond acceptors (Lipinski definition) is 4. The van der Waals surface area contributed by atoms with Crippen LogP contribution in [0.15, 0.2) is 35.6 Å². The van der Waals surface area contributed by atoms with Crippen molar-refractivity contribution in [3.63, 3.8) is 0 Å². The maximum atomic E-state index is 11.4. The normalized spacial score (nSPS) is 10.6. The number of aliphatic hydroxyl groups excluding tert-OH is 1. The first-order valence-corrected chi connectivity index (χ1v) is 7.66. The summed E-state index contributed by atoms with van der Waals surface area (Å²) in [7, 11) is 1.61. The first-order chi connectivity index (χ1) is 10.1. The van der Waals surface area contributed by atoms with E-state index in [9.17, 15) is 9.90 Å². The van der Waals surface area contributed by atoms with Crippen LogP contribution in [0.2, 0.25) is 0 Å². The Kier molecular flexibility index (Phi) is 5.41. The first-order valence-electron chi connectivity index (χ1n) is 6.68. The molecule has 0 aliphatic carbocycles. The number of thioether (sulfide) groups is 1. The Morgan fingerprint density at radius 3 is 2.71 bits per heavy atom. The van der Waals surface area contributed by atoms with Crippen LogP contribution in [0, 0.1) is 6.92 Å². The molecule has 2 aromatic rings.